The Morgan fingerprint density at radius 1 is 1.19 bits per heavy atom. The van der Waals surface area contributed by atoms with E-state index < -0.39 is 0 Å². The van der Waals surface area contributed by atoms with Crippen LogP contribution in [0.1, 0.15) is 19.8 Å². The Morgan fingerprint density at radius 3 is 2.54 bits per heavy atom. The van der Waals surface area contributed by atoms with Crippen LogP contribution in [0.5, 0.6) is 0 Å². The predicted molar refractivity (Wildman–Crippen MR) is 95.0 cm³/mol. The van der Waals surface area contributed by atoms with E-state index >= 15 is 0 Å². The molecule has 0 aliphatic carbocycles. The average Bonchev–Trinajstić information content (AvgIpc) is 2.69. The van der Waals surface area contributed by atoms with Crippen LogP contribution in [0.2, 0.25) is 0 Å². The van der Waals surface area contributed by atoms with Gasteiger partial charge in [-0.05, 0) is 31.9 Å². The van der Waals surface area contributed by atoms with Crippen LogP contribution in [0.3, 0.4) is 0 Å². The van der Waals surface area contributed by atoms with Crippen molar-refractivity contribution in [2.45, 2.75) is 19.8 Å². The minimum Gasteiger partial charge on any atom is -0.450 e. The highest BCUT2D eigenvalue weighted by Crippen LogP contribution is 2.18. The zero-order chi connectivity index (χ0) is 18.4. The maximum atomic E-state index is 12.2. The summed E-state index contributed by atoms with van der Waals surface area (Å²) in [5.41, 5.74) is 0. The van der Waals surface area contributed by atoms with Crippen molar-refractivity contribution in [2.24, 2.45) is 5.92 Å². The van der Waals surface area contributed by atoms with Gasteiger partial charge in [0.2, 0.25) is 5.91 Å². The van der Waals surface area contributed by atoms with Crippen LogP contribution in [-0.2, 0) is 14.3 Å². The van der Waals surface area contributed by atoms with Crippen LogP contribution in [0.25, 0.3) is 0 Å². The lowest BCUT2D eigenvalue weighted by Gasteiger charge is -2.34. The molecule has 0 radical (unpaired) electrons. The first kappa shape index (κ1) is 18.4. The molecule has 26 heavy (non-hydrogen) atoms. The molecule has 2 aliphatic heterocycles. The third-order valence-corrected chi connectivity index (χ3v) is 4.62. The number of hydrogen-bond acceptors (Lipinski definition) is 7. The summed E-state index contributed by atoms with van der Waals surface area (Å²) in [4.78, 5) is 27.7. The summed E-state index contributed by atoms with van der Waals surface area (Å²) in [7, 11) is 0. The van der Waals surface area contributed by atoms with E-state index in [0.717, 1.165) is 18.7 Å². The Balaban J connectivity index is 1.50. The second-order valence-corrected chi connectivity index (χ2v) is 6.33. The van der Waals surface area contributed by atoms with Crippen LogP contribution < -0.4 is 10.2 Å². The minimum absolute atomic E-state index is 0.0267. The largest absolute Gasteiger partial charge is 0.450 e. The number of amides is 2. The molecule has 3 heterocycles. The molecule has 0 saturated carbocycles. The van der Waals surface area contributed by atoms with Crippen molar-refractivity contribution >= 4 is 23.6 Å². The molecule has 2 amide bonds. The number of carbonyl (C=O) groups excluding carboxylic acids is 2. The number of piperazine rings is 1. The summed E-state index contributed by atoms with van der Waals surface area (Å²) in [5.74, 6) is 1.13. The summed E-state index contributed by atoms with van der Waals surface area (Å²) in [5, 5.41) is 11.1. The van der Waals surface area contributed by atoms with Gasteiger partial charge < -0.3 is 24.6 Å². The Labute approximate surface area is 152 Å². The first-order valence-electron chi connectivity index (χ1n) is 9.06. The van der Waals surface area contributed by atoms with E-state index in [0.29, 0.717) is 51.8 Å². The molecule has 2 aliphatic rings. The van der Waals surface area contributed by atoms with Gasteiger partial charge >= 0.3 is 6.09 Å². The molecule has 1 aromatic heterocycles. The lowest BCUT2D eigenvalue weighted by molar-refractivity contribution is -0.122. The molecule has 0 atom stereocenters. The number of rotatable bonds is 4. The van der Waals surface area contributed by atoms with Gasteiger partial charge in [0.15, 0.2) is 11.6 Å². The first-order valence-corrected chi connectivity index (χ1v) is 9.06. The van der Waals surface area contributed by atoms with Gasteiger partial charge in [0, 0.05) is 45.3 Å². The van der Waals surface area contributed by atoms with Crippen LogP contribution in [0, 0.1) is 5.92 Å². The highest BCUT2D eigenvalue weighted by molar-refractivity contribution is 5.91. The number of aromatic nitrogens is 2. The monoisotopic (exact) mass is 363 g/mol. The molecule has 1 N–H and O–H groups in total. The molecule has 2 saturated heterocycles. The highest BCUT2D eigenvalue weighted by atomic mass is 16.6. The van der Waals surface area contributed by atoms with Gasteiger partial charge in [-0.15, -0.1) is 10.2 Å². The maximum Gasteiger partial charge on any atom is 0.409 e. The normalized spacial score (nSPS) is 18.5. The van der Waals surface area contributed by atoms with Gasteiger partial charge in [0.1, 0.15) is 0 Å². The fourth-order valence-electron chi connectivity index (χ4n) is 3.08. The van der Waals surface area contributed by atoms with Crippen LogP contribution in [0.15, 0.2) is 12.1 Å². The molecule has 2 fully saturated rings. The number of nitrogens with zero attached hydrogens (tertiary/aromatic N) is 4. The van der Waals surface area contributed by atoms with Gasteiger partial charge in [-0.1, -0.05) is 0 Å². The third kappa shape index (κ3) is 4.60. The van der Waals surface area contributed by atoms with Gasteiger partial charge in [-0.25, -0.2) is 4.79 Å². The van der Waals surface area contributed by atoms with E-state index in [9.17, 15) is 9.59 Å². The second-order valence-electron chi connectivity index (χ2n) is 6.33. The molecule has 0 aromatic carbocycles. The molecular weight excluding hydrogens is 338 g/mol. The molecule has 142 valence electrons. The fourth-order valence-corrected chi connectivity index (χ4v) is 3.08. The summed E-state index contributed by atoms with van der Waals surface area (Å²) >= 11 is 0. The molecular formula is C17H25N5O4. The fraction of sp³-hybridized carbons (Fsp3) is 0.647. The number of ether oxygens (including phenoxy) is 2. The van der Waals surface area contributed by atoms with Gasteiger partial charge in [-0.2, -0.15) is 0 Å². The van der Waals surface area contributed by atoms with E-state index in [-0.39, 0.29) is 17.9 Å². The summed E-state index contributed by atoms with van der Waals surface area (Å²) in [6, 6.07) is 3.60. The Kier molecular flexibility index (Phi) is 6.21. The van der Waals surface area contributed by atoms with Crippen molar-refractivity contribution in [2.75, 3.05) is 56.2 Å². The molecule has 9 heteroatoms. The molecule has 0 unspecified atom stereocenters. The second kappa shape index (κ2) is 8.79. The number of carbonyl (C=O) groups is 2. The smallest absolute Gasteiger partial charge is 0.409 e. The van der Waals surface area contributed by atoms with Crippen LogP contribution >= 0.6 is 0 Å². The standard InChI is InChI=1S/C17H25N5O4/c1-2-26-17(24)22-9-7-21(8-10-22)15-4-3-14(19-20-15)18-16(23)13-5-11-25-12-6-13/h3-4,13H,2,5-12H2,1H3,(H,18,19,23). The Bertz CT molecular complexity index is 610. The van der Waals surface area contributed by atoms with Crippen LogP contribution in [-0.4, -0.2) is 73.1 Å². The van der Waals surface area contributed by atoms with E-state index in [1.54, 1.807) is 17.9 Å². The van der Waals surface area contributed by atoms with Crippen molar-refractivity contribution < 1.29 is 19.1 Å². The minimum atomic E-state index is -0.274. The van der Waals surface area contributed by atoms with E-state index in [4.69, 9.17) is 9.47 Å². The highest BCUT2D eigenvalue weighted by Gasteiger charge is 2.24. The number of hydrogen-bond donors (Lipinski definition) is 1. The molecule has 0 bridgehead atoms. The van der Waals surface area contributed by atoms with Crippen molar-refractivity contribution in [1.29, 1.82) is 0 Å². The van der Waals surface area contributed by atoms with E-state index in [1.165, 1.54) is 0 Å². The number of nitrogens with one attached hydrogen (secondary N) is 1. The molecule has 0 spiro atoms. The quantitative estimate of drug-likeness (QED) is 0.856. The summed E-state index contributed by atoms with van der Waals surface area (Å²) in [6.45, 7) is 5.94. The van der Waals surface area contributed by atoms with E-state index in [2.05, 4.69) is 20.4 Å². The van der Waals surface area contributed by atoms with Gasteiger partial charge in [0.25, 0.3) is 0 Å². The van der Waals surface area contributed by atoms with Crippen molar-refractivity contribution in [1.82, 2.24) is 15.1 Å². The Hall–Kier alpha value is -2.42. The number of anilines is 2. The van der Waals surface area contributed by atoms with E-state index in [1.807, 2.05) is 6.07 Å². The van der Waals surface area contributed by atoms with Crippen LogP contribution in [0.4, 0.5) is 16.4 Å². The van der Waals surface area contributed by atoms with Crippen molar-refractivity contribution in [3.8, 4) is 0 Å². The zero-order valence-electron chi connectivity index (χ0n) is 15.0. The first-order chi connectivity index (χ1) is 12.7. The topological polar surface area (TPSA) is 96.9 Å². The zero-order valence-corrected chi connectivity index (χ0v) is 15.0. The average molecular weight is 363 g/mol. The molecule has 1 aromatic rings. The molecule has 9 nitrogen and oxygen atoms in total. The maximum absolute atomic E-state index is 12.2. The predicted octanol–water partition coefficient (Wildman–Crippen LogP) is 1.12. The van der Waals surface area contributed by atoms with Gasteiger partial charge in [0.05, 0.1) is 6.61 Å². The third-order valence-electron chi connectivity index (χ3n) is 4.62. The summed E-state index contributed by atoms with van der Waals surface area (Å²) in [6.07, 6.45) is 1.20. The lowest BCUT2D eigenvalue weighted by Crippen LogP contribution is -2.49. The van der Waals surface area contributed by atoms with Gasteiger partial charge in [-0.3, -0.25) is 4.79 Å². The Morgan fingerprint density at radius 2 is 1.92 bits per heavy atom. The lowest BCUT2D eigenvalue weighted by atomic mass is 9.99. The summed E-state index contributed by atoms with van der Waals surface area (Å²) < 4.78 is 10.3. The van der Waals surface area contributed by atoms with Crippen molar-refractivity contribution in [3.63, 3.8) is 0 Å². The SMILES string of the molecule is CCOC(=O)N1CCN(c2ccc(NC(=O)C3CCOCC3)nn2)CC1. The molecule has 3 rings (SSSR count). The van der Waals surface area contributed by atoms with Crippen molar-refractivity contribution in [3.05, 3.63) is 12.1 Å².